The Kier molecular flexibility index (Phi) is 6.71. The number of carbonyl (C=O) groups is 1. The van der Waals surface area contributed by atoms with E-state index in [9.17, 15) is 9.90 Å². The van der Waals surface area contributed by atoms with Gasteiger partial charge < -0.3 is 25.2 Å². The number of nitrogens with one attached hydrogen (secondary N) is 2. The number of methoxy groups -OCH3 is 2. The molecular weight excluding hydrogens is 368 g/mol. The van der Waals surface area contributed by atoms with Gasteiger partial charge in [0.05, 0.1) is 14.2 Å². The number of benzene rings is 3. The molecule has 0 spiro atoms. The minimum atomic E-state index is -0.356. The van der Waals surface area contributed by atoms with E-state index in [1.54, 1.807) is 14.2 Å². The minimum Gasteiger partial charge on any atom is -0.497 e. The van der Waals surface area contributed by atoms with Crippen molar-refractivity contribution in [2.45, 2.75) is 6.42 Å². The summed E-state index contributed by atoms with van der Waals surface area (Å²) in [5.41, 5.74) is 3.94. The highest BCUT2D eigenvalue weighted by atomic mass is 16.5. The van der Waals surface area contributed by atoms with Crippen LogP contribution in [0.1, 0.15) is 5.56 Å². The van der Waals surface area contributed by atoms with Crippen molar-refractivity contribution in [3.8, 4) is 22.6 Å². The van der Waals surface area contributed by atoms with Gasteiger partial charge in [-0.1, -0.05) is 30.3 Å². The number of urea groups is 1. The zero-order valence-corrected chi connectivity index (χ0v) is 16.4. The molecule has 3 aromatic rings. The fourth-order valence-corrected chi connectivity index (χ4v) is 3.07. The van der Waals surface area contributed by atoms with E-state index in [1.807, 2.05) is 66.7 Å². The molecule has 3 N–H and O–H groups in total. The molecule has 29 heavy (non-hydrogen) atoms. The average Bonchev–Trinajstić information content (AvgIpc) is 2.75. The van der Waals surface area contributed by atoms with Gasteiger partial charge in [0.2, 0.25) is 0 Å². The zero-order chi connectivity index (χ0) is 20.6. The fraction of sp³-hybridized carbons (Fsp3) is 0.174. The molecule has 0 radical (unpaired) electrons. The summed E-state index contributed by atoms with van der Waals surface area (Å²) in [5.74, 6) is 1.43. The number of ether oxygens (including phenoxy) is 2. The molecule has 0 fully saturated rings. The van der Waals surface area contributed by atoms with E-state index in [0.29, 0.717) is 23.5 Å². The molecule has 0 heterocycles. The molecule has 150 valence electrons. The summed E-state index contributed by atoms with van der Waals surface area (Å²) in [6.07, 6.45) is 0.474. The van der Waals surface area contributed by atoms with E-state index in [-0.39, 0.29) is 12.6 Å². The van der Waals surface area contributed by atoms with Gasteiger partial charge in [-0.25, -0.2) is 4.79 Å². The Hall–Kier alpha value is -3.51. The summed E-state index contributed by atoms with van der Waals surface area (Å²) in [6.45, 7) is 0.0186. The third-order valence-electron chi connectivity index (χ3n) is 4.48. The first kappa shape index (κ1) is 20.2. The number of aliphatic hydroxyl groups excluding tert-OH is 1. The zero-order valence-electron chi connectivity index (χ0n) is 16.4. The maximum atomic E-state index is 12.5. The molecule has 0 aliphatic rings. The first-order valence-corrected chi connectivity index (χ1v) is 9.24. The van der Waals surface area contributed by atoms with Crippen LogP contribution in [0.4, 0.5) is 16.2 Å². The predicted molar refractivity (Wildman–Crippen MR) is 115 cm³/mol. The molecule has 3 aromatic carbocycles. The van der Waals surface area contributed by atoms with E-state index in [1.165, 1.54) is 0 Å². The maximum Gasteiger partial charge on any atom is 0.323 e. The molecule has 3 rings (SSSR count). The SMILES string of the molecule is COc1ccc(OC)c(-c2cccc(NC(=O)Nc3ccccc3CCO)c2)c1. The van der Waals surface area contributed by atoms with Gasteiger partial charge in [-0.05, 0) is 53.9 Å². The topological polar surface area (TPSA) is 79.8 Å². The second-order valence-corrected chi connectivity index (χ2v) is 6.36. The smallest absolute Gasteiger partial charge is 0.323 e. The molecule has 0 aliphatic carbocycles. The number of aliphatic hydroxyl groups is 1. The Bertz CT molecular complexity index is 988. The first-order valence-electron chi connectivity index (χ1n) is 9.24. The van der Waals surface area contributed by atoms with Crippen LogP contribution in [0.3, 0.4) is 0 Å². The highest BCUT2D eigenvalue weighted by Gasteiger charge is 2.10. The van der Waals surface area contributed by atoms with E-state index in [2.05, 4.69) is 10.6 Å². The van der Waals surface area contributed by atoms with Crippen LogP contribution in [-0.4, -0.2) is 32.0 Å². The highest BCUT2D eigenvalue weighted by Crippen LogP contribution is 2.34. The number of carbonyl (C=O) groups excluding carboxylic acids is 1. The number of hydrogen-bond acceptors (Lipinski definition) is 4. The monoisotopic (exact) mass is 392 g/mol. The molecule has 6 heteroatoms. The van der Waals surface area contributed by atoms with Gasteiger partial charge in [-0.3, -0.25) is 0 Å². The number of hydrogen-bond donors (Lipinski definition) is 3. The summed E-state index contributed by atoms with van der Waals surface area (Å²) in [6, 6.07) is 20.1. The van der Waals surface area contributed by atoms with Crippen LogP contribution in [-0.2, 0) is 6.42 Å². The van der Waals surface area contributed by atoms with Crippen LogP contribution in [0.15, 0.2) is 66.7 Å². The van der Waals surface area contributed by atoms with Crippen LogP contribution in [0, 0.1) is 0 Å². The van der Waals surface area contributed by atoms with E-state index in [4.69, 9.17) is 9.47 Å². The maximum absolute atomic E-state index is 12.5. The molecule has 0 bridgehead atoms. The Morgan fingerprint density at radius 1 is 0.931 bits per heavy atom. The minimum absolute atomic E-state index is 0.0186. The van der Waals surface area contributed by atoms with Gasteiger partial charge in [0, 0.05) is 23.5 Å². The van der Waals surface area contributed by atoms with Crippen molar-refractivity contribution in [1.82, 2.24) is 0 Å². The number of amides is 2. The number of rotatable bonds is 7. The second kappa shape index (κ2) is 9.61. The molecule has 0 unspecified atom stereocenters. The molecule has 0 atom stereocenters. The summed E-state index contributed by atoms with van der Waals surface area (Å²) in [7, 11) is 3.23. The predicted octanol–water partition coefficient (Wildman–Crippen LogP) is 4.55. The molecule has 0 saturated heterocycles. The quantitative estimate of drug-likeness (QED) is 0.551. The third-order valence-corrected chi connectivity index (χ3v) is 4.48. The van der Waals surface area contributed by atoms with Gasteiger partial charge in [0.25, 0.3) is 0 Å². The molecule has 2 amide bonds. The Labute approximate surface area is 170 Å². The van der Waals surface area contributed by atoms with Crippen LogP contribution in [0.2, 0.25) is 0 Å². The lowest BCUT2D eigenvalue weighted by atomic mass is 10.0. The third kappa shape index (κ3) is 5.06. The second-order valence-electron chi connectivity index (χ2n) is 6.36. The lowest BCUT2D eigenvalue weighted by Crippen LogP contribution is -2.20. The van der Waals surface area contributed by atoms with Gasteiger partial charge in [-0.15, -0.1) is 0 Å². The van der Waals surface area contributed by atoms with Crippen LogP contribution >= 0.6 is 0 Å². The van der Waals surface area contributed by atoms with Crippen LogP contribution < -0.4 is 20.1 Å². The first-order chi connectivity index (χ1) is 14.1. The lowest BCUT2D eigenvalue weighted by molar-refractivity contribution is 0.262. The van der Waals surface area contributed by atoms with Crippen molar-refractivity contribution in [2.75, 3.05) is 31.5 Å². The number of para-hydroxylation sites is 1. The van der Waals surface area contributed by atoms with Crippen molar-refractivity contribution in [1.29, 1.82) is 0 Å². The lowest BCUT2D eigenvalue weighted by Gasteiger charge is -2.13. The van der Waals surface area contributed by atoms with Crippen LogP contribution in [0.25, 0.3) is 11.1 Å². The van der Waals surface area contributed by atoms with Crippen molar-refractivity contribution >= 4 is 17.4 Å². The Morgan fingerprint density at radius 3 is 2.52 bits per heavy atom. The molecule has 6 nitrogen and oxygen atoms in total. The molecule has 0 aliphatic heterocycles. The van der Waals surface area contributed by atoms with Crippen LogP contribution in [0.5, 0.6) is 11.5 Å². The van der Waals surface area contributed by atoms with E-state index >= 15 is 0 Å². The summed E-state index contributed by atoms with van der Waals surface area (Å²) < 4.78 is 10.8. The normalized spacial score (nSPS) is 10.3. The van der Waals surface area contributed by atoms with E-state index in [0.717, 1.165) is 22.4 Å². The van der Waals surface area contributed by atoms with Crippen molar-refractivity contribution in [3.05, 3.63) is 72.3 Å². The summed E-state index contributed by atoms with van der Waals surface area (Å²) in [4.78, 5) is 12.5. The van der Waals surface area contributed by atoms with Gasteiger partial charge >= 0.3 is 6.03 Å². The summed E-state index contributed by atoms with van der Waals surface area (Å²) >= 11 is 0. The Morgan fingerprint density at radius 2 is 1.76 bits per heavy atom. The van der Waals surface area contributed by atoms with Gasteiger partial charge in [0.15, 0.2) is 0 Å². The standard InChI is InChI=1S/C23H24N2O4/c1-28-19-10-11-22(29-2)20(15-19)17-7-5-8-18(14-17)24-23(27)25-21-9-4-3-6-16(21)12-13-26/h3-11,14-15,26H,12-13H2,1-2H3,(H2,24,25,27). The number of anilines is 2. The molecular formula is C23H24N2O4. The fourth-order valence-electron chi connectivity index (χ4n) is 3.07. The highest BCUT2D eigenvalue weighted by molar-refractivity contribution is 6.00. The van der Waals surface area contributed by atoms with Gasteiger partial charge in [-0.2, -0.15) is 0 Å². The average molecular weight is 392 g/mol. The van der Waals surface area contributed by atoms with Crippen molar-refractivity contribution in [2.24, 2.45) is 0 Å². The Balaban J connectivity index is 1.80. The van der Waals surface area contributed by atoms with E-state index < -0.39 is 0 Å². The largest absolute Gasteiger partial charge is 0.497 e. The van der Waals surface area contributed by atoms with Crippen molar-refractivity contribution in [3.63, 3.8) is 0 Å². The summed E-state index contributed by atoms with van der Waals surface area (Å²) in [5, 5.41) is 14.9. The molecule has 0 saturated carbocycles. The molecule has 0 aromatic heterocycles. The van der Waals surface area contributed by atoms with Crippen molar-refractivity contribution < 1.29 is 19.4 Å². The van der Waals surface area contributed by atoms with Gasteiger partial charge in [0.1, 0.15) is 11.5 Å².